The fraction of sp³-hybridized carbons (Fsp3) is 0.636. The van der Waals surface area contributed by atoms with Crippen LogP contribution in [0.5, 0.6) is 0 Å². The summed E-state index contributed by atoms with van der Waals surface area (Å²) in [5.41, 5.74) is 0.710. The van der Waals surface area contributed by atoms with E-state index in [1.165, 1.54) is 0 Å². The van der Waals surface area contributed by atoms with E-state index in [2.05, 4.69) is 10.4 Å². The number of Topliss-reactive ketones (excluding diaryl/α,β-unsaturated/α-hetero) is 1. The Morgan fingerprint density at radius 2 is 2.33 bits per heavy atom. The largest absolute Gasteiger partial charge is 0.314 e. The average Bonchev–Trinajstić information content (AvgIpc) is 2.66. The number of aryl methyl sites for hydroxylation is 1. The molecule has 0 bridgehead atoms. The number of nitrogens with one attached hydrogen (secondary N) is 1. The molecule has 1 aromatic heterocycles. The summed E-state index contributed by atoms with van der Waals surface area (Å²) in [6.45, 7) is 7.75. The molecule has 4 nitrogen and oxygen atoms in total. The summed E-state index contributed by atoms with van der Waals surface area (Å²) in [4.78, 5) is 11.8. The van der Waals surface area contributed by atoms with Crippen molar-refractivity contribution < 1.29 is 4.79 Å². The fourth-order valence-electron chi connectivity index (χ4n) is 1.50. The summed E-state index contributed by atoms with van der Waals surface area (Å²) in [5, 5.41) is 7.30. The molecule has 0 aromatic carbocycles. The van der Waals surface area contributed by atoms with Crippen LogP contribution in [0.4, 0.5) is 0 Å². The Balaban J connectivity index is 2.53. The molecule has 0 aliphatic rings. The quantitative estimate of drug-likeness (QED) is 0.722. The van der Waals surface area contributed by atoms with Crippen molar-refractivity contribution in [3.63, 3.8) is 0 Å². The van der Waals surface area contributed by atoms with Crippen molar-refractivity contribution in [3.05, 3.63) is 18.0 Å². The highest BCUT2D eigenvalue weighted by atomic mass is 16.1. The minimum Gasteiger partial charge on any atom is -0.314 e. The third kappa shape index (κ3) is 3.47. The van der Waals surface area contributed by atoms with Crippen LogP contribution in [-0.2, 0) is 6.54 Å². The molecule has 0 saturated carbocycles. The van der Waals surface area contributed by atoms with Gasteiger partial charge in [0.05, 0.1) is 11.8 Å². The van der Waals surface area contributed by atoms with Gasteiger partial charge in [-0.2, -0.15) is 5.10 Å². The average molecular weight is 209 g/mol. The Bertz CT molecular complexity index is 319. The number of rotatable bonds is 6. The molecule has 0 aliphatic carbocycles. The van der Waals surface area contributed by atoms with Gasteiger partial charge in [-0.1, -0.05) is 6.92 Å². The zero-order chi connectivity index (χ0) is 11.3. The Morgan fingerprint density at radius 1 is 1.60 bits per heavy atom. The molecule has 84 valence electrons. The summed E-state index contributed by atoms with van der Waals surface area (Å²) in [5.74, 6) is 0.156. The van der Waals surface area contributed by atoms with Gasteiger partial charge in [-0.05, 0) is 20.4 Å². The smallest absolute Gasteiger partial charge is 0.167 e. The number of carbonyl (C=O) groups excluding carboxylic acids is 1. The first-order chi connectivity index (χ1) is 7.17. The molecule has 0 spiro atoms. The van der Waals surface area contributed by atoms with E-state index in [1.807, 2.05) is 20.8 Å². The molecule has 1 rings (SSSR count). The standard InChI is InChI=1S/C11H19N3O/c1-4-12-9(3)6-11(15)10-7-13-14(5-2)8-10/h7-9,12H,4-6H2,1-3H3. The summed E-state index contributed by atoms with van der Waals surface area (Å²) in [6.07, 6.45) is 3.98. The normalized spacial score (nSPS) is 12.7. The van der Waals surface area contributed by atoms with Crippen LogP contribution < -0.4 is 5.32 Å². The van der Waals surface area contributed by atoms with Crippen LogP contribution in [0, 0.1) is 0 Å². The predicted molar refractivity (Wildman–Crippen MR) is 60.0 cm³/mol. The third-order valence-electron chi connectivity index (χ3n) is 2.32. The van der Waals surface area contributed by atoms with Crippen molar-refractivity contribution in [2.24, 2.45) is 0 Å². The molecule has 0 saturated heterocycles. The molecular weight excluding hydrogens is 190 g/mol. The van der Waals surface area contributed by atoms with Crippen molar-refractivity contribution in [3.8, 4) is 0 Å². The molecule has 1 unspecified atom stereocenters. The highest BCUT2D eigenvalue weighted by Crippen LogP contribution is 2.04. The van der Waals surface area contributed by atoms with E-state index >= 15 is 0 Å². The van der Waals surface area contributed by atoms with Crippen LogP contribution in [0.15, 0.2) is 12.4 Å². The molecule has 1 atom stereocenters. The molecule has 15 heavy (non-hydrogen) atoms. The number of nitrogens with zero attached hydrogens (tertiary/aromatic N) is 2. The topological polar surface area (TPSA) is 46.9 Å². The Hall–Kier alpha value is -1.16. The lowest BCUT2D eigenvalue weighted by atomic mass is 10.1. The first-order valence-corrected chi connectivity index (χ1v) is 5.46. The summed E-state index contributed by atoms with van der Waals surface area (Å²) in [7, 11) is 0. The summed E-state index contributed by atoms with van der Waals surface area (Å²) in [6, 6.07) is 0.229. The van der Waals surface area contributed by atoms with E-state index < -0.39 is 0 Å². The van der Waals surface area contributed by atoms with Crippen molar-refractivity contribution >= 4 is 5.78 Å². The van der Waals surface area contributed by atoms with Crippen LogP contribution in [-0.4, -0.2) is 28.2 Å². The first kappa shape index (κ1) is 11.9. The first-order valence-electron chi connectivity index (χ1n) is 5.46. The van der Waals surface area contributed by atoms with Crippen LogP contribution in [0.25, 0.3) is 0 Å². The molecule has 1 heterocycles. The van der Waals surface area contributed by atoms with Crippen molar-refractivity contribution in [2.45, 2.75) is 39.8 Å². The van der Waals surface area contributed by atoms with Gasteiger partial charge in [-0.3, -0.25) is 9.48 Å². The second-order valence-corrected chi connectivity index (χ2v) is 3.67. The SMILES string of the molecule is CCNC(C)CC(=O)c1cnn(CC)c1. The zero-order valence-electron chi connectivity index (χ0n) is 9.66. The molecule has 0 amide bonds. The second kappa shape index (κ2) is 5.66. The van der Waals surface area contributed by atoms with Gasteiger partial charge < -0.3 is 5.32 Å². The highest BCUT2D eigenvalue weighted by molar-refractivity contribution is 5.95. The number of carbonyl (C=O) groups is 1. The Labute approximate surface area is 90.7 Å². The van der Waals surface area contributed by atoms with Crippen molar-refractivity contribution in [1.82, 2.24) is 15.1 Å². The molecule has 0 aliphatic heterocycles. The molecule has 4 heteroatoms. The lowest BCUT2D eigenvalue weighted by molar-refractivity contribution is 0.0971. The van der Waals surface area contributed by atoms with E-state index in [0.717, 1.165) is 13.1 Å². The van der Waals surface area contributed by atoms with Gasteiger partial charge in [0.1, 0.15) is 0 Å². The number of hydrogen-bond donors (Lipinski definition) is 1. The lowest BCUT2D eigenvalue weighted by Crippen LogP contribution is -2.28. The van der Waals surface area contributed by atoms with E-state index in [9.17, 15) is 4.79 Å². The summed E-state index contributed by atoms with van der Waals surface area (Å²) >= 11 is 0. The van der Waals surface area contributed by atoms with Crippen LogP contribution >= 0.6 is 0 Å². The molecular formula is C11H19N3O. The third-order valence-corrected chi connectivity index (χ3v) is 2.32. The van der Waals surface area contributed by atoms with Crippen molar-refractivity contribution in [2.75, 3.05) is 6.54 Å². The van der Waals surface area contributed by atoms with E-state index in [1.54, 1.807) is 17.1 Å². The van der Waals surface area contributed by atoms with E-state index in [0.29, 0.717) is 12.0 Å². The maximum Gasteiger partial charge on any atom is 0.167 e. The van der Waals surface area contributed by atoms with Gasteiger partial charge in [-0.25, -0.2) is 0 Å². The molecule has 1 aromatic rings. The molecule has 0 fully saturated rings. The monoisotopic (exact) mass is 209 g/mol. The van der Waals surface area contributed by atoms with Crippen molar-refractivity contribution in [1.29, 1.82) is 0 Å². The van der Waals surface area contributed by atoms with Gasteiger partial charge in [-0.15, -0.1) is 0 Å². The van der Waals surface area contributed by atoms with Gasteiger partial charge in [0.2, 0.25) is 0 Å². The minimum atomic E-state index is 0.156. The molecule has 0 radical (unpaired) electrons. The number of hydrogen-bond acceptors (Lipinski definition) is 3. The van der Waals surface area contributed by atoms with Crippen LogP contribution in [0.3, 0.4) is 0 Å². The van der Waals surface area contributed by atoms with Crippen LogP contribution in [0.1, 0.15) is 37.6 Å². The minimum absolute atomic E-state index is 0.156. The van der Waals surface area contributed by atoms with Gasteiger partial charge >= 0.3 is 0 Å². The maximum absolute atomic E-state index is 11.8. The van der Waals surface area contributed by atoms with Crippen LogP contribution in [0.2, 0.25) is 0 Å². The predicted octanol–water partition coefficient (Wildman–Crippen LogP) is 1.47. The van der Waals surface area contributed by atoms with E-state index in [-0.39, 0.29) is 11.8 Å². The number of ketones is 1. The Morgan fingerprint density at radius 3 is 2.87 bits per heavy atom. The van der Waals surface area contributed by atoms with Gasteiger partial charge in [0.25, 0.3) is 0 Å². The maximum atomic E-state index is 11.8. The van der Waals surface area contributed by atoms with E-state index in [4.69, 9.17) is 0 Å². The number of aromatic nitrogens is 2. The fourth-order valence-corrected chi connectivity index (χ4v) is 1.50. The molecule has 1 N–H and O–H groups in total. The lowest BCUT2D eigenvalue weighted by Gasteiger charge is -2.09. The van der Waals surface area contributed by atoms with Gasteiger partial charge in [0.15, 0.2) is 5.78 Å². The van der Waals surface area contributed by atoms with Gasteiger partial charge in [0, 0.05) is 25.2 Å². The zero-order valence-corrected chi connectivity index (χ0v) is 9.66. The second-order valence-electron chi connectivity index (χ2n) is 3.67. The summed E-state index contributed by atoms with van der Waals surface area (Å²) < 4.78 is 1.77. The Kier molecular flexibility index (Phi) is 4.49. The highest BCUT2D eigenvalue weighted by Gasteiger charge is 2.11.